The fraction of sp³-hybridized carbons (Fsp3) is 1.00. The van der Waals surface area contributed by atoms with E-state index in [1.54, 1.807) is 0 Å². The van der Waals surface area contributed by atoms with E-state index in [2.05, 4.69) is 18.7 Å². The molecule has 0 aliphatic carbocycles. The zero-order valence-electron chi connectivity index (χ0n) is 10.5. The lowest BCUT2D eigenvalue weighted by Crippen LogP contribution is -2.26. The van der Waals surface area contributed by atoms with Crippen molar-refractivity contribution in [3.8, 4) is 0 Å². The van der Waals surface area contributed by atoms with Crippen LogP contribution in [0.1, 0.15) is 13.8 Å². The Labute approximate surface area is 114 Å². The molecule has 0 unspecified atom stereocenters. The molecule has 0 rings (SSSR count). The summed E-state index contributed by atoms with van der Waals surface area (Å²) in [6.45, 7) is 7.12. The van der Waals surface area contributed by atoms with Crippen LogP contribution in [0.3, 0.4) is 0 Å². The van der Waals surface area contributed by atoms with Gasteiger partial charge in [0.15, 0.2) is 0 Å². The first-order valence-corrected chi connectivity index (χ1v) is 8.64. The van der Waals surface area contributed by atoms with E-state index in [-0.39, 0.29) is 13.2 Å². The Morgan fingerprint density at radius 1 is 1.06 bits per heavy atom. The Balaban J connectivity index is 4.21. The predicted molar refractivity (Wildman–Crippen MR) is 73.6 cm³/mol. The standard InChI is InChI=1S/C10H22Cl2NO3P/c1-3-13(4-2)7-10-17(14,15-8-5-11)16-9-6-12/h3-10H2,1-2H3. The van der Waals surface area contributed by atoms with Crippen molar-refractivity contribution in [1.82, 2.24) is 4.90 Å². The molecule has 0 radical (unpaired) electrons. The lowest BCUT2D eigenvalue weighted by molar-refractivity contribution is 0.215. The van der Waals surface area contributed by atoms with E-state index >= 15 is 0 Å². The molecule has 4 nitrogen and oxygen atoms in total. The lowest BCUT2D eigenvalue weighted by atomic mass is 10.5. The van der Waals surface area contributed by atoms with E-state index in [1.807, 2.05) is 0 Å². The molecular formula is C10H22Cl2NO3P. The van der Waals surface area contributed by atoms with Crippen molar-refractivity contribution >= 4 is 30.8 Å². The second-order valence-corrected chi connectivity index (χ2v) is 6.35. The van der Waals surface area contributed by atoms with Crippen LogP contribution in [0.15, 0.2) is 0 Å². The summed E-state index contributed by atoms with van der Waals surface area (Å²) in [5, 5.41) is 0. The van der Waals surface area contributed by atoms with Gasteiger partial charge in [0.05, 0.1) is 19.4 Å². The molecular weight excluding hydrogens is 284 g/mol. The van der Waals surface area contributed by atoms with E-state index in [0.29, 0.717) is 24.5 Å². The molecule has 0 amide bonds. The van der Waals surface area contributed by atoms with E-state index in [0.717, 1.165) is 13.1 Å². The van der Waals surface area contributed by atoms with Crippen molar-refractivity contribution in [3.63, 3.8) is 0 Å². The minimum atomic E-state index is -3.04. The lowest BCUT2D eigenvalue weighted by Gasteiger charge is -2.22. The van der Waals surface area contributed by atoms with E-state index < -0.39 is 7.60 Å². The highest BCUT2D eigenvalue weighted by Gasteiger charge is 2.24. The van der Waals surface area contributed by atoms with Gasteiger partial charge >= 0.3 is 7.60 Å². The number of nitrogens with zero attached hydrogens (tertiary/aromatic N) is 1. The molecule has 0 aromatic carbocycles. The number of rotatable bonds is 11. The first kappa shape index (κ1) is 17.7. The van der Waals surface area contributed by atoms with Crippen LogP contribution in [-0.2, 0) is 13.6 Å². The molecule has 0 spiro atoms. The van der Waals surface area contributed by atoms with Crippen LogP contribution in [0, 0.1) is 0 Å². The van der Waals surface area contributed by atoms with Gasteiger partial charge in [0, 0.05) is 18.3 Å². The highest BCUT2D eigenvalue weighted by molar-refractivity contribution is 7.53. The van der Waals surface area contributed by atoms with E-state index in [9.17, 15) is 4.57 Å². The summed E-state index contributed by atoms with van der Waals surface area (Å²) < 4.78 is 22.8. The molecule has 0 saturated carbocycles. The van der Waals surface area contributed by atoms with Crippen molar-refractivity contribution in [2.75, 3.05) is 50.8 Å². The highest BCUT2D eigenvalue weighted by atomic mass is 35.5. The van der Waals surface area contributed by atoms with Gasteiger partial charge in [-0.15, -0.1) is 23.2 Å². The van der Waals surface area contributed by atoms with Gasteiger partial charge in [0.1, 0.15) is 0 Å². The zero-order valence-corrected chi connectivity index (χ0v) is 12.9. The average Bonchev–Trinajstić information content (AvgIpc) is 2.35. The summed E-state index contributed by atoms with van der Waals surface area (Å²) in [6.07, 6.45) is 0.377. The molecule has 0 aliphatic rings. The molecule has 0 saturated heterocycles. The van der Waals surface area contributed by atoms with E-state index in [4.69, 9.17) is 32.2 Å². The fourth-order valence-corrected chi connectivity index (χ4v) is 3.29. The maximum absolute atomic E-state index is 12.3. The van der Waals surface area contributed by atoms with Crippen molar-refractivity contribution in [3.05, 3.63) is 0 Å². The molecule has 0 N–H and O–H groups in total. The third-order valence-corrected chi connectivity index (χ3v) is 4.52. The van der Waals surface area contributed by atoms with Gasteiger partial charge in [0.2, 0.25) is 0 Å². The normalized spacial score (nSPS) is 12.3. The van der Waals surface area contributed by atoms with Gasteiger partial charge in [0.25, 0.3) is 0 Å². The second kappa shape index (κ2) is 10.6. The van der Waals surface area contributed by atoms with Gasteiger partial charge in [-0.3, -0.25) is 4.57 Å². The first-order chi connectivity index (χ1) is 8.11. The van der Waals surface area contributed by atoms with Gasteiger partial charge in [-0.1, -0.05) is 13.8 Å². The molecule has 0 atom stereocenters. The highest BCUT2D eigenvalue weighted by Crippen LogP contribution is 2.47. The van der Waals surface area contributed by atoms with Crippen LogP contribution in [0.5, 0.6) is 0 Å². The predicted octanol–water partition coefficient (Wildman–Crippen LogP) is 3.03. The van der Waals surface area contributed by atoms with Crippen LogP contribution in [0.25, 0.3) is 0 Å². The van der Waals surface area contributed by atoms with Crippen LogP contribution < -0.4 is 0 Å². The number of alkyl halides is 2. The minimum Gasteiger partial charge on any atom is -0.307 e. The molecule has 7 heteroatoms. The Kier molecular flexibility index (Phi) is 11.0. The van der Waals surface area contributed by atoms with Crippen LogP contribution in [0.4, 0.5) is 0 Å². The maximum Gasteiger partial charge on any atom is 0.332 e. The summed E-state index contributed by atoms with van der Waals surface area (Å²) >= 11 is 11.0. The van der Waals surface area contributed by atoms with Gasteiger partial charge < -0.3 is 13.9 Å². The number of hydrogen-bond donors (Lipinski definition) is 0. The van der Waals surface area contributed by atoms with Gasteiger partial charge in [-0.2, -0.15) is 0 Å². The monoisotopic (exact) mass is 305 g/mol. The fourth-order valence-electron chi connectivity index (χ4n) is 1.32. The average molecular weight is 306 g/mol. The van der Waals surface area contributed by atoms with Gasteiger partial charge in [-0.25, -0.2) is 0 Å². The Hall–Kier alpha value is 0.690. The van der Waals surface area contributed by atoms with Crippen LogP contribution in [-0.4, -0.2) is 55.7 Å². The van der Waals surface area contributed by atoms with Gasteiger partial charge in [-0.05, 0) is 13.1 Å². The summed E-state index contributed by atoms with van der Waals surface area (Å²) in [6, 6.07) is 0. The molecule has 104 valence electrons. The van der Waals surface area contributed by atoms with Crippen molar-refractivity contribution < 1.29 is 13.6 Å². The first-order valence-electron chi connectivity index (χ1n) is 5.84. The molecule has 0 heterocycles. The zero-order chi connectivity index (χ0) is 13.1. The molecule has 0 aromatic heterocycles. The van der Waals surface area contributed by atoms with E-state index in [1.165, 1.54) is 0 Å². The molecule has 0 aromatic rings. The molecule has 0 aliphatic heterocycles. The molecule has 17 heavy (non-hydrogen) atoms. The van der Waals surface area contributed by atoms with Crippen molar-refractivity contribution in [1.29, 1.82) is 0 Å². The van der Waals surface area contributed by atoms with Crippen molar-refractivity contribution in [2.45, 2.75) is 13.8 Å². The summed E-state index contributed by atoms with van der Waals surface area (Å²) in [4.78, 5) is 2.17. The quantitative estimate of drug-likeness (QED) is 0.434. The smallest absolute Gasteiger partial charge is 0.307 e. The molecule has 0 bridgehead atoms. The Bertz CT molecular complexity index is 216. The maximum atomic E-state index is 12.3. The third-order valence-electron chi connectivity index (χ3n) is 2.31. The minimum absolute atomic E-state index is 0.235. The Morgan fingerprint density at radius 3 is 1.88 bits per heavy atom. The second-order valence-electron chi connectivity index (χ2n) is 3.41. The summed E-state index contributed by atoms with van der Waals surface area (Å²) in [7, 11) is -3.04. The number of hydrogen-bond acceptors (Lipinski definition) is 4. The number of halogens is 2. The summed E-state index contributed by atoms with van der Waals surface area (Å²) in [5.41, 5.74) is 0. The molecule has 0 fully saturated rings. The Morgan fingerprint density at radius 2 is 1.53 bits per heavy atom. The third kappa shape index (κ3) is 8.41. The van der Waals surface area contributed by atoms with Crippen LogP contribution >= 0.6 is 30.8 Å². The van der Waals surface area contributed by atoms with Crippen LogP contribution in [0.2, 0.25) is 0 Å². The largest absolute Gasteiger partial charge is 0.332 e. The SMILES string of the molecule is CCN(CC)CCP(=O)(OCCCl)OCCCl. The van der Waals surface area contributed by atoms with Crippen molar-refractivity contribution in [2.24, 2.45) is 0 Å². The summed E-state index contributed by atoms with van der Waals surface area (Å²) in [5.74, 6) is 0.610. The topological polar surface area (TPSA) is 38.8 Å².